The quantitative estimate of drug-likeness (QED) is 0.845. The maximum Gasteiger partial charge on any atom is 0.414 e. The lowest BCUT2D eigenvalue weighted by atomic mass is 10.2. The van der Waals surface area contributed by atoms with E-state index < -0.39 is 17.8 Å². The number of rotatable bonds is 4. The predicted octanol–water partition coefficient (Wildman–Crippen LogP) is 1.99. The molecule has 0 spiro atoms. The summed E-state index contributed by atoms with van der Waals surface area (Å²) in [6, 6.07) is 8.76. The van der Waals surface area contributed by atoms with Gasteiger partial charge in [-0.15, -0.1) is 0 Å². The average Bonchev–Trinajstić information content (AvgIpc) is 2.34. The van der Waals surface area contributed by atoms with Crippen molar-refractivity contribution >= 4 is 18.1 Å². The lowest BCUT2D eigenvalue weighted by Gasteiger charge is -2.28. The second-order valence-corrected chi connectivity index (χ2v) is 5.13. The molecule has 0 fully saturated rings. The summed E-state index contributed by atoms with van der Waals surface area (Å²) in [5.74, 6) is 0. The third-order valence-electron chi connectivity index (χ3n) is 2.21. The highest BCUT2D eigenvalue weighted by Crippen LogP contribution is 2.18. The topological polar surface area (TPSA) is 66.8 Å². The van der Waals surface area contributed by atoms with Gasteiger partial charge in [-0.05, 0) is 32.9 Å². The lowest BCUT2D eigenvalue weighted by Crippen LogP contribution is -2.41. The summed E-state index contributed by atoms with van der Waals surface area (Å²) in [6.45, 7) is 5.13. The summed E-state index contributed by atoms with van der Waals surface area (Å²) in [7, 11) is 0. The van der Waals surface area contributed by atoms with Gasteiger partial charge in [0.2, 0.25) is 0 Å². The van der Waals surface area contributed by atoms with Crippen LogP contribution < -0.4 is 4.90 Å². The standard InChI is InChI=1S/C14H19NO4/c1-14(2,3)19-13(18)15(9-12(17)10-16)11-7-5-4-6-8-11/h4-8,10,12,17H,9H2,1-3H3/t12-/m0/s1. The number of benzene rings is 1. The first-order valence-corrected chi connectivity index (χ1v) is 6.02. The molecule has 0 aliphatic rings. The minimum absolute atomic E-state index is 0.136. The molecule has 1 atom stereocenters. The van der Waals surface area contributed by atoms with Gasteiger partial charge in [0.05, 0.1) is 6.54 Å². The van der Waals surface area contributed by atoms with E-state index >= 15 is 0 Å². The number of carbonyl (C=O) groups excluding carboxylic acids is 2. The number of carbonyl (C=O) groups is 2. The van der Waals surface area contributed by atoms with Gasteiger partial charge in [-0.1, -0.05) is 18.2 Å². The molecule has 1 N–H and O–H groups in total. The number of ether oxygens (including phenoxy) is 1. The fraction of sp³-hybridized carbons (Fsp3) is 0.429. The van der Waals surface area contributed by atoms with E-state index in [0.29, 0.717) is 12.0 Å². The molecule has 5 nitrogen and oxygen atoms in total. The minimum Gasteiger partial charge on any atom is -0.443 e. The zero-order chi connectivity index (χ0) is 14.5. The Labute approximate surface area is 112 Å². The van der Waals surface area contributed by atoms with Crippen LogP contribution in [-0.2, 0) is 9.53 Å². The zero-order valence-corrected chi connectivity index (χ0v) is 11.4. The van der Waals surface area contributed by atoms with Crippen LogP contribution in [0.25, 0.3) is 0 Å². The molecule has 0 saturated carbocycles. The highest BCUT2D eigenvalue weighted by atomic mass is 16.6. The molecule has 19 heavy (non-hydrogen) atoms. The summed E-state index contributed by atoms with van der Waals surface area (Å²) in [5, 5.41) is 9.42. The second kappa shape index (κ2) is 6.33. The van der Waals surface area contributed by atoms with Crippen LogP contribution >= 0.6 is 0 Å². The van der Waals surface area contributed by atoms with Crippen molar-refractivity contribution in [2.45, 2.75) is 32.5 Å². The molecular weight excluding hydrogens is 246 g/mol. The van der Waals surface area contributed by atoms with Crippen molar-refractivity contribution in [2.24, 2.45) is 0 Å². The van der Waals surface area contributed by atoms with Gasteiger partial charge in [0.1, 0.15) is 18.0 Å². The molecule has 1 aromatic rings. The number of hydrogen-bond donors (Lipinski definition) is 1. The van der Waals surface area contributed by atoms with Crippen LogP contribution in [0.4, 0.5) is 10.5 Å². The molecule has 0 aliphatic heterocycles. The molecule has 0 unspecified atom stereocenters. The van der Waals surface area contributed by atoms with Crippen molar-refractivity contribution in [1.29, 1.82) is 0 Å². The van der Waals surface area contributed by atoms with E-state index in [2.05, 4.69) is 0 Å². The largest absolute Gasteiger partial charge is 0.443 e. The van der Waals surface area contributed by atoms with Crippen molar-refractivity contribution < 1.29 is 19.4 Å². The monoisotopic (exact) mass is 265 g/mol. The van der Waals surface area contributed by atoms with Crippen LogP contribution in [0.15, 0.2) is 30.3 Å². The lowest BCUT2D eigenvalue weighted by molar-refractivity contribution is -0.114. The van der Waals surface area contributed by atoms with Crippen LogP contribution in [0.3, 0.4) is 0 Å². The van der Waals surface area contributed by atoms with E-state index in [-0.39, 0.29) is 6.54 Å². The van der Waals surface area contributed by atoms with Gasteiger partial charge < -0.3 is 14.6 Å². The summed E-state index contributed by atoms with van der Waals surface area (Å²) >= 11 is 0. The summed E-state index contributed by atoms with van der Waals surface area (Å²) in [4.78, 5) is 23.9. The third-order valence-corrected chi connectivity index (χ3v) is 2.21. The second-order valence-electron chi connectivity index (χ2n) is 5.13. The van der Waals surface area contributed by atoms with Crippen LogP contribution in [0.1, 0.15) is 20.8 Å². The third kappa shape index (κ3) is 5.09. The Balaban J connectivity index is 2.93. The van der Waals surface area contributed by atoms with Crippen LogP contribution in [0.2, 0.25) is 0 Å². The van der Waals surface area contributed by atoms with Gasteiger partial charge >= 0.3 is 6.09 Å². The minimum atomic E-state index is -1.24. The van der Waals surface area contributed by atoms with E-state index in [1.165, 1.54) is 4.90 Å². The van der Waals surface area contributed by atoms with Crippen molar-refractivity contribution in [3.63, 3.8) is 0 Å². The van der Waals surface area contributed by atoms with Gasteiger partial charge in [0, 0.05) is 5.69 Å². The maximum absolute atomic E-state index is 12.1. The zero-order valence-electron chi connectivity index (χ0n) is 11.4. The van der Waals surface area contributed by atoms with Gasteiger partial charge in [-0.2, -0.15) is 0 Å². The van der Waals surface area contributed by atoms with Gasteiger partial charge in [-0.3, -0.25) is 4.90 Å². The van der Waals surface area contributed by atoms with Crippen molar-refractivity contribution in [2.75, 3.05) is 11.4 Å². The van der Waals surface area contributed by atoms with Gasteiger partial charge in [0.15, 0.2) is 0 Å². The molecule has 1 aromatic carbocycles. The molecule has 0 saturated heterocycles. The smallest absolute Gasteiger partial charge is 0.414 e. The number of aliphatic hydroxyl groups excluding tert-OH is 1. The maximum atomic E-state index is 12.1. The van der Waals surface area contributed by atoms with Crippen molar-refractivity contribution in [3.8, 4) is 0 Å². The summed E-state index contributed by atoms with van der Waals surface area (Å²) < 4.78 is 5.26. The van der Waals surface area contributed by atoms with Crippen molar-refractivity contribution in [1.82, 2.24) is 0 Å². The van der Waals surface area contributed by atoms with Crippen LogP contribution in [-0.4, -0.2) is 35.7 Å². The number of aldehydes is 1. The molecule has 0 radical (unpaired) electrons. The van der Waals surface area contributed by atoms with Crippen molar-refractivity contribution in [3.05, 3.63) is 30.3 Å². The number of hydrogen-bond acceptors (Lipinski definition) is 4. The molecule has 1 amide bonds. The molecule has 0 bridgehead atoms. The normalized spacial score (nSPS) is 12.6. The number of nitrogens with zero attached hydrogens (tertiary/aromatic N) is 1. The molecule has 1 rings (SSSR count). The Morgan fingerprint density at radius 3 is 2.42 bits per heavy atom. The summed E-state index contributed by atoms with van der Waals surface area (Å²) in [6.07, 6.45) is -1.45. The predicted molar refractivity (Wildman–Crippen MR) is 72.1 cm³/mol. The van der Waals surface area contributed by atoms with Crippen LogP contribution in [0.5, 0.6) is 0 Å². The Kier molecular flexibility index (Phi) is 5.06. The SMILES string of the molecule is CC(C)(C)OC(=O)N(C[C@H](O)C=O)c1ccccc1. The van der Waals surface area contributed by atoms with E-state index in [1.807, 2.05) is 6.07 Å². The first kappa shape index (κ1) is 15.2. The fourth-order valence-corrected chi connectivity index (χ4v) is 1.44. The fourth-order valence-electron chi connectivity index (χ4n) is 1.44. The van der Waals surface area contributed by atoms with Crippen LogP contribution in [0, 0.1) is 0 Å². The summed E-state index contributed by atoms with van der Waals surface area (Å²) in [5.41, 5.74) is -0.0753. The van der Waals surface area contributed by atoms with Gasteiger partial charge in [-0.25, -0.2) is 4.79 Å². The van der Waals surface area contributed by atoms with E-state index in [0.717, 1.165) is 0 Å². The Hall–Kier alpha value is -1.88. The number of para-hydroxylation sites is 1. The Morgan fingerprint density at radius 2 is 1.95 bits per heavy atom. The molecule has 5 heteroatoms. The molecule has 0 aliphatic carbocycles. The molecular formula is C14H19NO4. The van der Waals surface area contributed by atoms with E-state index in [4.69, 9.17) is 4.74 Å². The Morgan fingerprint density at radius 1 is 1.37 bits per heavy atom. The molecule has 0 heterocycles. The first-order chi connectivity index (χ1) is 8.83. The van der Waals surface area contributed by atoms with E-state index in [1.54, 1.807) is 45.0 Å². The highest BCUT2D eigenvalue weighted by Gasteiger charge is 2.25. The Bertz CT molecular complexity index is 425. The number of amides is 1. The van der Waals surface area contributed by atoms with Gasteiger partial charge in [0.25, 0.3) is 0 Å². The number of aliphatic hydroxyl groups is 1. The molecule has 104 valence electrons. The molecule has 0 aromatic heterocycles. The first-order valence-electron chi connectivity index (χ1n) is 6.02. The highest BCUT2D eigenvalue weighted by molar-refractivity contribution is 5.88. The average molecular weight is 265 g/mol. The van der Waals surface area contributed by atoms with E-state index in [9.17, 15) is 14.7 Å². The number of anilines is 1.